The molecule has 2 aromatic rings. The predicted octanol–water partition coefficient (Wildman–Crippen LogP) is 4.14. The van der Waals surface area contributed by atoms with Gasteiger partial charge in [0.25, 0.3) is 5.91 Å². The number of aromatic nitrogens is 2. The first-order valence-electron chi connectivity index (χ1n) is 13.5. The third kappa shape index (κ3) is 6.55. The van der Waals surface area contributed by atoms with Crippen molar-refractivity contribution in [2.24, 2.45) is 5.73 Å². The van der Waals surface area contributed by atoms with Crippen molar-refractivity contribution in [2.75, 3.05) is 35.7 Å². The molecule has 2 fully saturated rings. The first-order valence-corrected chi connectivity index (χ1v) is 13.5. The van der Waals surface area contributed by atoms with Crippen LogP contribution >= 0.6 is 0 Å². The summed E-state index contributed by atoms with van der Waals surface area (Å²) in [7, 11) is 1.97. The van der Waals surface area contributed by atoms with Crippen LogP contribution in [0.2, 0.25) is 0 Å². The number of primary amides is 1. The summed E-state index contributed by atoms with van der Waals surface area (Å²) in [6.45, 7) is 6.89. The minimum atomic E-state index is -4.60. The Kier molecular flexibility index (Phi) is 8.55. The minimum absolute atomic E-state index is 0.0134. The first kappa shape index (κ1) is 28.9. The van der Waals surface area contributed by atoms with Crippen LogP contribution in [0.5, 0.6) is 0 Å². The molecular formula is C27H38F3N7O2. The van der Waals surface area contributed by atoms with Gasteiger partial charge in [-0.15, -0.1) is 0 Å². The van der Waals surface area contributed by atoms with E-state index in [0.29, 0.717) is 43.9 Å². The molecule has 9 nitrogen and oxygen atoms in total. The van der Waals surface area contributed by atoms with Crippen molar-refractivity contribution in [1.29, 1.82) is 0 Å². The molecule has 2 heterocycles. The molecule has 214 valence electrons. The summed E-state index contributed by atoms with van der Waals surface area (Å²) in [4.78, 5) is 25.1. The van der Waals surface area contributed by atoms with Crippen LogP contribution in [0.3, 0.4) is 0 Å². The van der Waals surface area contributed by atoms with Gasteiger partial charge in [0.05, 0.1) is 17.4 Å². The average Bonchev–Trinajstić information content (AvgIpc) is 2.87. The molecule has 1 aliphatic carbocycles. The van der Waals surface area contributed by atoms with E-state index in [1.807, 2.05) is 27.8 Å². The van der Waals surface area contributed by atoms with E-state index in [4.69, 9.17) is 5.73 Å². The molecule has 2 aliphatic rings. The van der Waals surface area contributed by atoms with Gasteiger partial charge in [0.15, 0.2) is 11.5 Å². The quantitative estimate of drug-likeness (QED) is 0.407. The van der Waals surface area contributed by atoms with Crippen LogP contribution < -0.4 is 21.3 Å². The fraction of sp³-hybridized carbons (Fsp3) is 0.593. The molecule has 0 radical (unpaired) electrons. The molecule has 1 aliphatic heterocycles. The number of anilines is 4. The number of benzene rings is 1. The maximum absolute atomic E-state index is 14.3. The molecule has 1 saturated heterocycles. The minimum Gasteiger partial charge on any atom is -0.393 e. The van der Waals surface area contributed by atoms with Crippen LogP contribution in [-0.4, -0.2) is 70.2 Å². The molecule has 5 N–H and O–H groups in total. The molecule has 1 saturated carbocycles. The van der Waals surface area contributed by atoms with Crippen molar-refractivity contribution in [3.63, 3.8) is 0 Å². The van der Waals surface area contributed by atoms with Gasteiger partial charge in [0, 0.05) is 42.6 Å². The van der Waals surface area contributed by atoms with E-state index in [2.05, 4.69) is 25.5 Å². The van der Waals surface area contributed by atoms with Gasteiger partial charge in [-0.2, -0.15) is 13.2 Å². The number of hydrogen-bond donors (Lipinski definition) is 4. The van der Waals surface area contributed by atoms with E-state index in [9.17, 15) is 23.1 Å². The number of aliphatic hydroxyl groups excluding tert-OH is 1. The normalized spacial score (nSPS) is 24.5. The Morgan fingerprint density at radius 3 is 2.41 bits per heavy atom. The second-order valence-electron chi connectivity index (χ2n) is 10.7. The zero-order chi connectivity index (χ0) is 28.5. The van der Waals surface area contributed by atoms with Crippen LogP contribution in [0.25, 0.3) is 0 Å². The van der Waals surface area contributed by atoms with Crippen LogP contribution in [0.15, 0.2) is 18.2 Å². The molecule has 39 heavy (non-hydrogen) atoms. The van der Waals surface area contributed by atoms with E-state index < -0.39 is 17.6 Å². The van der Waals surface area contributed by atoms with E-state index in [1.165, 1.54) is 6.07 Å². The largest absolute Gasteiger partial charge is 0.418 e. The van der Waals surface area contributed by atoms with Gasteiger partial charge >= 0.3 is 6.18 Å². The molecular weight excluding hydrogens is 511 g/mol. The average molecular weight is 550 g/mol. The number of nitrogens with one attached hydrogen (secondary N) is 2. The summed E-state index contributed by atoms with van der Waals surface area (Å²) in [5.41, 5.74) is 5.44. The lowest BCUT2D eigenvalue weighted by Crippen LogP contribution is -2.55. The number of rotatable bonds is 7. The Morgan fingerprint density at radius 2 is 1.79 bits per heavy atom. The zero-order valence-corrected chi connectivity index (χ0v) is 22.8. The molecule has 4 rings (SSSR count). The number of nitrogens with two attached hydrogens (primary N) is 1. The van der Waals surface area contributed by atoms with Gasteiger partial charge in [-0.3, -0.25) is 9.69 Å². The highest BCUT2D eigenvalue weighted by Gasteiger charge is 2.38. The van der Waals surface area contributed by atoms with Crippen LogP contribution in [0, 0.1) is 0 Å². The van der Waals surface area contributed by atoms with Gasteiger partial charge in [0.2, 0.25) is 0 Å². The number of hydrogen-bond acceptors (Lipinski definition) is 8. The van der Waals surface area contributed by atoms with Crippen LogP contribution in [-0.2, 0) is 12.6 Å². The number of carbonyl (C=O) groups is 1. The first-order chi connectivity index (χ1) is 18.4. The lowest BCUT2D eigenvalue weighted by atomic mass is 9.93. The molecule has 0 unspecified atom stereocenters. The van der Waals surface area contributed by atoms with Crippen molar-refractivity contribution in [3.05, 3.63) is 35.2 Å². The SMILES string of the molecule is CCc1nc(C(N)=O)c(Nc2ccc(N3C[C@H](C)N(C)C[C@H]3C)c(C(F)(F)F)c2)nc1N[C@H]1CC[C@H](O)CC1. The van der Waals surface area contributed by atoms with Gasteiger partial charge in [-0.05, 0) is 71.2 Å². The molecule has 1 aromatic carbocycles. The van der Waals surface area contributed by atoms with E-state index in [0.717, 1.165) is 18.9 Å². The highest BCUT2D eigenvalue weighted by molar-refractivity contribution is 5.96. The maximum atomic E-state index is 14.3. The standard InChI is InChI=1S/C27H38F3N7O2/c1-5-21-25(32-17-6-9-19(38)10-7-17)35-26(23(34-21)24(31)39)33-18-8-11-22(20(12-18)27(28,29)30)37-14-15(2)36(4)13-16(37)3/h8,11-12,15-17,19,38H,5-7,9-10,13-14H2,1-4H3,(H2,31,39)(H2,32,33,35)/t15-,16+,17-,19-/m0/s1. The third-order valence-electron chi connectivity index (χ3n) is 7.75. The van der Waals surface area contributed by atoms with Gasteiger partial charge in [-0.25, -0.2) is 9.97 Å². The summed E-state index contributed by atoms with van der Waals surface area (Å²) in [5.74, 6) is -0.403. The van der Waals surface area contributed by atoms with Gasteiger partial charge < -0.3 is 26.4 Å². The lowest BCUT2D eigenvalue weighted by molar-refractivity contribution is -0.137. The Bertz CT molecular complexity index is 1180. The van der Waals surface area contributed by atoms with Crippen LogP contribution in [0.4, 0.5) is 36.2 Å². The summed E-state index contributed by atoms with van der Waals surface area (Å²) >= 11 is 0. The summed E-state index contributed by atoms with van der Waals surface area (Å²) in [5, 5.41) is 16.0. The Labute approximate surface area is 227 Å². The number of aliphatic hydroxyl groups is 1. The number of alkyl halides is 3. The monoisotopic (exact) mass is 549 g/mol. The molecule has 12 heteroatoms. The summed E-state index contributed by atoms with van der Waals surface area (Å²) in [6.07, 6.45) is -1.64. The lowest BCUT2D eigenvalue weighted by Gasteiger charge is -2.44. The summed E-state index contributed by atoms with van der Waals surface area (Å²) in [6, 6.07) is 4.11. The topological polar surface area (TPSA) is 120 Å². The van der Waals surface area contributed by atoms with Crippen LogP contribution in [0.1, 0.15) is 68.2 Å². The number of piperazine rings is 1. The summed E-state index contributed by atoms with van der Waals surface area (Å²) < 4.78 is 42.9. The molecule has 2 atom stereocenters. The Morgan fingerprint density at radius 1 is 1.10 bits per heavy atom. The highest BCUT2D eigenvalue weighted by Crippen LogP contribution is 2.40. The third-order valence-corrected chi connectivity index (χ3v) is 7.75. The molecule has 0 spiro atoms. The fourth-order valence-electron chi connectivity index (χ4n) is 5.37. The fourth-order valence-corrected chi connectivity index (χ4v) is 5.37. The second kappa shape index (κ2) is 11.5. The van der Waals surface area contributed by atoms with E-state index >= 15 is 0 Å². The predicted molar refractivity (Wildman–Crippen MR) is 145 cm³/mol. The molecule has 0 bridgehead atoms. The Balaban J connectivity index is 1.68. The van der Waals surface area contributed by atoms with Crippen molar-refractivity contribution in [2.45, 2.75) is 83.3 Å². The number of carbonyl (C=O) groups excluding carboxylic acids is 1. The number of amides is 1. The Hall–Kier alpha value is -3.12. The van der Waals surface area contributed by atoms with E-state index in [1.54, 1.807) is 11.0 Å². The smallest absolute Gasteiger partial charge is 0.393 e. The highest BCUT2D eigenvalue weighted by atomic mass is 19.4. The number of nitrogens with zero attached hydrogens (tertiary/aromatic N) is 4. The number of likely N-dealkylation sites (N-methyl/N-ethyl adjacent to an activating group) is 1. The molecule has 1 aromatic heterocycles. The van der Waals surface area contributed by atoms with Crippen molar-refractivity contribution >= 4 is 28.9 Å². The van der Waals surface area contributed by atoms with Gasteiger partial charge in [0.1, 0.15) is 5.82 Å². The van der Waals surface area contributed by atoms with Crippen molar-refractivity contribution < 1.29 is 23.1 Å². The molecule has 1 amide bonds. The maximum Gasteiger partial charge on any atom is 0.418 e. The van der Waals surface area contributed by atoms with E-state index in [-0.39, 0.29) is 47.1 Å². The number of aryl methyl sites for hydroxylation is 1. The number of halogens is 3. The van der Waals surface area contributed by atoms with Crippen molar-refractivity contribution in [3.8, 4) is 0 Å². The van der Waals surface area contributed by atoms with Crippen molar-refractivity contribution in [1.82, 2.24) is 14.9 Å². The van der Waals surface area contributed by atoms with Gasteiger partial charge in [-0.1, -0.05) is 6.92 Å². The zero-order valence-electron chi connectivity index (χ0n) is 22.8. The second-order valence-corrected chi connectivity index (χ2v) is 10.7.